The Morgan fingerprint density at radius 3 is 2.77 bits per heavy atom. The average Bonchev–Trinajstić information content (AvgIpc) is 2.47. The molecule has 0 bridgehead atoms. The Balaban J connectivity index is 2.35. The number of aromatic nitrogens is 1. The van der Waals surface area contributed by atoms with Gasteiger partial charge in [0.15, 0.2) is 0 Å². The van der Waals surface area contributed by atoms with E-state index in [1.165, 1.54) is 0 Å². The number of thiazole rings is 1. The number of aliphatic hydroxyl groups excluding tert-OH is 1. The van der Waals surface area contributed by atoms with Gasteiger partial charge in [0, 0.05) is 23.7 Å². The smallest absolute Gasteiger partial charge is 0.107 e. The van der Waals surface area contributed by atoms with E-state index in [-0.39, 0.29) is 12.1 Å². The Bertz CT molecular complexity index is 260. The molecule has 1 heterocycles. The SMILES string of the molecule is Cc1csc(CNC(C)C(C)O)n1. The monoisotopic (exact) mass is 200 g/mol. The molecule has 0 radical (unpaired) electrons. The molecule has 4 heteroatoms. The molecule has 0 saturated carbocycles. The fourth-order valence-electron chi connectivity index (χ4n) is 0.903. The molecule has 3 nitrogen and oxygen atoms in total. The molecule has 1 rings (SSSR count). The lowest BCUT2D eigenvalue weighted by molar-refractivity contribution is 0.152. The van der Waals surface area contributed by atoms with E-state index >= 15 is 0 Å². The average molecular weight is 200 g/mol. The Hall–Kier alpha value is -0.450. The fraction of sp³-hybridized carbons (Fsp3) is 0.667. The molecule has 0 aliphatic carbocycles. The predicted octanol–water partition coefficient (Wildman–Crippen LogP) is 1.31. The van der Waals surface area contributed by atoms with Crippen molar-refractivity contribution in [2.24, 2.45) is 0 Å². The van der Waals surface area contributed by atoms with Crippen molar-refractivity contribution in [1.29, 1.82) is 0 Å². The lowest BCUT2D eigenvalue weighted by Gasteiger charge is -2.15. The van der Waals surface area contributed by atoms with Gasteiger partial charge in [-0.05, 0) is 20.8 Å². The van der Waals surface area contributed by atoms with Crippen LogP contribution in [-0.2, 0) is 6.54 Å². The number of aryl methyl sites for hydroxylation is 1. The van der Waals surface area contributed by atoms with Crippen molar-refractivity contribution in [2.75, 3.05) is 0 Å². The maximum absolute atomic E-state index is 9.22. The highest BCUT2D eigenvalue weighted by molar-refractivity contribution is 7.09. The second-order valence-corrected chi connectivity index (χ2v) is 4.24. The molecule has 0 spiro atoms. The quantitative estimate of drug-likeness (QED) is 0.770. The van der Waals surface area contributed by atoms with E-state index in [1.54, 1.807) is 18.3 Å². The topological polar surface area (TPSA) is 45.1 Å². The van der Waals surface area contributed by atoms with Crippen molar-refractivity contribution in [3.8, 4) is 0 Å². The molecule has 13 heavy (non-hydrogen) atoms. The first-order chi connectivity index (χ1) is 6.09. The summed E-state index contributed by atoms with van der Waals surface area (Å²) in [7, 11) is 0. The van der Waals surface area contributed by atoms with E-state index in [9.17, 15) is 5.11 Å². The maximum atomic E-state index is 9.22. The number of aliphatic hydroxyl groups is 1. The van der Waals surface area contributed by atoms with Crippen LogP contribution in [0.3, 0.4) is 0 Å². The molecule has 74 valence electrons. The summed E-state index contributed by atoms with van der Waals surface area (Å²) in [6.07, 6.45) is -0.318. The van der Waals surface area contributed by atoms with Crippen molar-refractivity contribution in [2.45, 2.75) is 39.5 Å². The zero-order chi connectivity index (χ0) is 9.84. The summed E-state index contributed by atoms with van der Waals surface area (Å²) in [6.45, 7) is 6.47. The summed E-state index contributed by atoms with van der Waals surface area (Å²) in [6, 6.07) is 0.115. The van der Waals surface area contributed by atoms with E-state index < -0.39 is 0 Å². The number of hydrogen-bond donors (Lipinski definition) is 2. The number of rotatable bonds is 4. The van der Waals surface area contributed by atoms with Gasteiger partial charge in [0.25, 0.3) is 0 Å². The van der Waals surface area contributed by atoms with Crippen molar-refractivity contribution >= 4 is 11.3 Å². The molecular formula is C9H16N2OS. The Morgan fingerprint density at radius 2 is 2.31 bits per heavy atom. The molecule has 0 aromatic carbocycles. The minimum absolute atomic E-state index is 0.115. The molecule has 2 unspecified atom stereocenters. The molecule has 0 amide bonds. The predicted molar refractivity (Wildman–Crippen MR) is 54.8 cm³/mol. The van der Waals surface area contributed by atoms with Crippen LogP contribution in [0.4, 0.5) is 0 Å². The first-order valence-electron chi connectivity index (χ1n) is 4.42. The van der Waals surface area contributed by atoms with E-state index in [1.807, 2.05) is 19.2 Å². The van der Waals surface area contributed by atoms with E-state index in [0.717, 1.165) is 17.2 Å². The van der Waals surface area contributed by atoms with Gasteiger partial charge in [-0.3, -0.25) is 0 Å². The van der Waals surface area contributed by atoms with Crippen LogP contribution in [-0.4, -0.2) is 22.2 Å². The highest BCUT2D eigenvalue weighted by Gasteiger charge is 2.08. The number of hydrogen-bond acceptors (Lipinski definition) is 4. The van der Waals surface area contributed by atoms with Gasteiger partial charge in [-0.15, -0.1) is 11.3 Å². The van der Waals surface area contributed by atoms with Gasteiger partial charge in [-0.1, -0.05) is 0 Å². The zero-order valence-electron chi connectivity index (χ0n) is 8.24. The highest BCUT2D eigenvalue weighted by atomic mass is 32.1. The van der Waals surface area contributed by atoms with Gasteiger partial charge in [0.05, 0.1) is 6.10 Å². The maximum Gasteiger partial charge on any atom is 0.107 e. The van der Waals surface area contributed by atoms with Gasteiger partial charge in [0.1, 0.15) is 5.01 Å². The first-order valence-corrected chi connectivity index (χ1v) is 5.30. The minimum atomic E-state index is -0.318. The van der Waals surface area contributed by atoms with Gasteiger partial charge in [0.2, 0.25) is 0 Å². The van der Waals surface area contributed by atoms with E-state index in [2.05, 4.69) is 10.3 Å². The van der Waals surface area contributed by atoms with Crippen LogP contribution >= 0.6 is 11.3 Å². The summed E-state index contributed by atoms with van der Waals surface area (Å²) < 4.78 is 0. The van der Waals surface area contributed by atoms with Gasteiger partial charge < -0.3 is 10.4 Å². The summed E-state index contributed by atoms with van der Waals surface area (Å²) in [5.41, 5.74) is 1.06. The van der Waals surface area contributed by atoms with Crippen molar-refractivity contribution in [3.63, 3.8) is 0 Å². The largest absolute Gasteiger partial charge is 0.392 e. The van der Waals surface area contributed by atoms with Gasteiger partial charge >= 0.3 is 0 Å². The van der Waals surface area contributed by atoms with Crippen LogP contribution in [0.25, 0.3) is 0 Å². The Labute approximate surface area is 82.8 Å². The fourth-order valence-corrected chi connectivity index (χ4v) is 1.63. The zero-order valence-corrected chi connectivity index (χ0v) is 9.06. The third-order valence-corrected chi connectivity index (χ3v) is 2.93. The Kier molecular flexibility index (Phi) is 3.84. The number of nitrogens with zero attached hydrogens (tertiary/aromatic N) is 1. The molecule has 0 aliphatic heterocycles. The lowest BCUT2D eigenvalue weighted by atomic mass is 10.2. The summed E-state index contributed by atoms with van der Waals surface area (Å²) in [5.74, 6) is 0. The van der Waals surface area contributed by atoms with Crippen molar-refractivity contribution in [3.05, 3.63) is 16.1 Å². The standard InChI is InChI=1S/C9H16N2OS/c1-6-5-13-9(11-6)4-10-7(2)8(3)12/h5,7-8,10,12H,4H2,1-3H3. The molecular weight excluding hydrogens is 184 g/mol. The van der Waals surface area contributed by atoms with Gasteiger partial charge in [-0.2, -0.15) is 0 Å². The third kappa shape index (κ3) is 3.42. The molecule has 0 aliphatic rings. The van der Waals surface area contributed by atoms with Crippen molar-refractivity contribution in [1.82, 2.24) is 10.3 Å². The van der Waals surface area contributed by atoms with Crippen LogP contribution < -0.4 is 5.32 Å². The summed E-state index contributed by atoms with van der Waals surface area (Å²) >= 11 is 1.65. The molecule has 1 aromatic rings. The first kappa shape index (κ1) is 10.6. The van der Waals surface area contributed by atoms with E-state index in [4.69, 9.17) is 0 Å². The van der Waals surface area contributed by atoms with Crippen LogP contribution in [0.15, 0.2) is 5.38 Å². The van der Waals surface area contributed by atoms with Gasteiger partial charge in [-0.25, -0.2) is 4.98 Å². The van der Waals surface area contributed by atoms with Crippen LogP contribution in [0.2, 0.25) is 0 Å². The molecule has 0 fully saturated rings. The molecule has 2 atom stereocenters. The van der Waals surface area contributed by atoms with Crippen LogP contribution in [0.5, 0.6) is 0 Å². The minimum Gasteiger partial charge on any atom is -0.392 e. The third-order valence-electron chi connectivity index (χ3n) is 1.97. The lowest BCUT2D eigenvalue weighted by Crippen LogP contribution is -2.34. The van der Waals surface area contributed by atoms with Crippen molar-refractivity contribution < 1.29 is 5.11 Å². The van der Waals surface area contributed by atoms with E-state index in [0.29, 0.717) is 0 Å². The summed E-state index contributed by atoms with van der Waals surface area (Å²) in [4.78, 5) is 4.32. The molecule has 1 aromatic heterocycles. The molecule has 2 N–H and O–H groups in total. The second-order valence-electron chi connectivity index (χ2n) is 3.29. The van der Waals surface area contributed by atoms with Crippen LogP contribution in [0, 0.1) is 6.92 Å². The molecule has 0 saturated heterocycles. The number of nitrogens with one attached hydrogen (secondary N) is 1. The Morgan fingerprint density at radius 1 is 1.62 bits per heavy atom. The summed E-state index contributed by atoms with van der Waals surface area (Å²) in [5, 5.41) is 15.5. The second kappa shape index (κ2) is 4.69. The van der Waals surface area contributed by atoms with Crippen LogP contribution in [0.1, 0.15) is 24.5 Å². The normalized spacial score (nSPS) is 15.7. The highest BCUT2D eigenvalue weighted by Crippen LogP contribution is 2.08.